The van der Waals surface area contributed by atoms with Crippen LogP contribution < -0.4 is 5.32 Å². The number of hydrogen-bond donors (Lipinski definition) is 2. The fourth-order valence-corrected chi connectivity index (χ4v) is 1.53. The van der Waals surface area contributed by atoms with Gasteiger partial charge in [0, 0.05) is 6.92 Å². The summed E-state index contributed by atoms with van der Waals surface area (Å²) in [5.74, 6) is -1.74. The zero-order valence-corrected chi connectivity index (χ0v) is 11.4. The van der Waals surface area contributed by atoms with Crippen molar-refractivity contribution in [2.24, 2.45) is 0 Å². The molecule has 0 aliphatic carbocycles. The lowest BCUT2D eigenvalue weighted by Gasteiger charge is -2.24. The van der Waals surface area contributed by atoms with Gasteiger partial charge in [0.1, 0.15) is 18.3 Å². The lowest BCUT2D eigenvalue weighted by molar-refractivity contribution is -0.389. The van der Waals surface area contributed by atoms with E-state index in [1.807, 2.05) is 0 Å². The maximum atomic E-state index is 11.8. The minimum atomic E-state index is -1.36. The molecule has 0 aliphatic heterocycles. The molecule has 110 valence electrons. The molecule has 1 rings (SSSR count). The highest BCUT2D eigenvalue weighted by Gasteiger charge is 2.33. The van der Waals surface area contributed by atoms with E-state index in [0.717, 1.165) is 6.20 Å². The van der Waals surface area contributed by atoms with Crippen LogP contribution in [0.3, 0.4) is 0 Å². The highest BCUT2D eigenvalue weighted by molar-refractivity contribution is 5.86. The highest BCUT2D eigenvalue weighted by Crippen LogP contribution is 2.12. The van der Waals surface area contributed by atoms with Crippen LogP contribution in [-0.4, -0.2) is 37.0 Å². The third kappa shape index (κ3) is 3.31. The number of carboxylic acids is 1. The molecule has 0 bridgehead atoms. The lowest BCUT2D eigenvalue weighted by Crippen LogP contribution is -2.52. The Morgan fingerprint density at radius 2 is 2.20 bits per heavy atom. The summed E-state index contributed by atoms with van der Waals surface area (Å²) in [4.78, 5) is 36.5. The van der Waals surface area contributed by atoms with Crippen LogP contribution in [0.1, 0.15) is 26.1 Å². The van der Waals surface area contributed by atoms with Gasteiger partial charge in [-0.1, -0.05) is 6.92 Å². The maximum absolute atomic E-state index is 11.8. The van der Waals surface area contributed by atoms with Crippen molar-refractivity contribution in [2.45, 2.75) is 39.3 Å². The Hall–Kier alpha value is -2.45. The van der Waals surface area contributed by atoms with Crippen molar-refractivity contribution in [1.29, 1.82) is 0 Å². The van der Waals surface area contributed by atoms with E-state index in [1.54, 1.807) is 6.92 Å². The van der Waals surface area contributed by atoms with Crippen LogP contribution in [0.15, 0.2) is 6.20 Å². The Balaban J connectivity index is 2.81. The average molecular weight is 284 g/mol. The van der Waals surface area contributed by atoms with E-state index in [9.17, 15) is 19.7 Å². The first-order chi connectivity index (χ1) is 9.19. The number of carbonyl (C=O) groups is 2. The van der Waals surface area contributed by atoms with E-state index in [2.05, 4.69) is 10.3 Å². The number of carbonyl (C=O) groups excluding carboxylic acids is 1. The SMILES string of the molecule is CCC(C)(NC(=O)Cn1cc([N+](=O)[O-])nc1C)C(=O)O. The summed E-state index contributed by atoms with van der Waals surface area (Å²) < 4.78 is 1.30. The van der Waals surface area contributed by atoms with Crippen molar-refractivity contribution in [3.63, 3.8) is 0 Å². The van der Waals surface area contributed by atoms with E-state index >= 15 is 0 Å². The van der Waals surface area contributed by atoms with Gasteiger partial charge in [-0.2, -0.15) is 0 Å². The van der Waals surface area contributed by atoms with Crippen LogP contribution in [0.25, 0.3) is 0 Å². The molecular formula is C11H16N4O5. The van der Waals surface area contributed by atoms with Gasteiger partial charge in [-0.25, -0.2) is 4.79 Å². The molecule has 0 radical (unpaired) electrons. The summed E-state index contributed by atoms with van der Waals surface area (Å²) >= 11 is 0. The number of aliphatic carboxylic acids is 1. The van der Waals surface area contributed by atoms with Crippen molar-refractivity contribution < 1.29 is 19.6 Å². The van der Waals surface area contributed by atoms with Gasteiger partial charge < -0.3 is 20.5 Å². The first-order valence-electron chi connectivity index (χ1n) is 5.92. The summed E-state index contributed by atoms with van der Waals surface area (Å²) in [5, 5.41) is 22.0. The molecule has 0 spiro atoms. The normalized spacial score (nSPS) is 13.6. The smallest absolute Gasteiger partial charge is 0.381 e. The number of imidazole rings is 1. The van der Waals surface area contributed by atoms with Gasteiger partial charge in [-0.15, -0.1) is 0 Å². The second-order valence-corrected chi connectivity index (χ2v) is 4.57. The Bertz CT molecular complexity index is 553. The fourth-order valence-electron chi connectivity index (χ4n) is 1.53. The van der Waals surface area contributed by atoms with Crippen LogP contribution in [0.2, 0.25) is 0 Å². The predicted molar refractivity (Wildman–Crippen MR) is 68.1 cm³/mol. The number of carboxylic acid groups (broad SMARTS) is 1. The molecule has 1 heterocycles. The van der Waals surface area contributed by atoms with E-state index in [-0.39, 0.29) is 18.8 Å². The third-order valence-corrected chi connectivity index (χ3v) is 3.06. The van der Waals surface area contributed by atoms with Crippen molar-refractivity contribution in [2.75, 3.05) is 0 Å². The number of nitrogens with one attached hydrogen (secondary N) is 1. The number of hydrogen-bond acceptors (Lipinski definition) is 5. The first kappa shape index (κ1) is 15.6. The second kappa shape index (κ2) is 5.68. The quantitative estimate of drug-likeness (QED) is 0.577. The van der Waals surface area contributed by atoms with Crippen LogP contribution in [0.5, 0.6) is 0 Å². The molecule has 0 aromatic carbocycles. The van der Waals surface area contributed by atoms with Crippen molar-refractivity contribution in [1.82, 2.24) is 14.9 Å². The van der Waals surface area contributed by atoms with Gasteiger partial charge in [0.2, 0.25) is 11.7 Å². The van der Waals surface area contributed by atoms with Gasteiger partial charge >= 0.3 is 11.8 Å². The van der Waals surface area contributed by atoms with Crippen molar-refractivity contribution >= 4 is 17.7 Å². The molecular weight excluding hydrogens is 268 g/mol. The van der Waals surface area contributed by atoms with Gasteiger partial charge in [-0.3, -0.25) is 9.36 Å². The number of aryl methyl sites for hydroxylation is 1. The van der Waals surface area contributed by atoms with Crippen LogP contribution in [0.4, 0.5) is 5.82 Å². The standard InChI is InChI=1S/C11H16N4O5/c1-4-11(3,10(17)18)13-9(16)6-14-5-8(15(19)20)12-7(14)2/h5H,4,6H2,1-3H3,(H,13,16)(H,17,18). The zero-order valence-electron chi connectivity index (χ0n) is 11.4. The number of nitro groups is 1. The number of amides is 1. The average Bonchev–Trinajstić information content (AvgIpc) is 2.70. The van der Waals surface area contributed by atoms with Crippen molar-refractivity contribution in [3.05, 3.63) is 22.1 Å². The van der Waals surface area contributed by atoms with Gasteiger partial charge in [-0.05, 0) is 23.3 Å². The molecule has 1 aromatic heterocycles. The molecule has 20 heavy (non-hydrogen) atoms. The first-order valence-corrected chi connectivity index (χ1v) is 5.92. The van der Waals surface area contributed by atoms with Gasteiger partial charge in [0.15, 0.2) is 0 Å². The van der Waals surface area contributed by atoms with E-state index < -0.39 is 22.3 Å². The Morgan fingerprint density at radius 1 is 1.60 bits per heavy atom. The molecule has 0 aliphatic rings. The molecule has 9 heteroatoms. The summed E-state index contributed by atoms with van der Waals surface area (Å²) in [5.41, 5.74) is -1.36. The number of nitrogens with zero attached hydrogens (tertiary/aromatic N) is 3. The van der Waals surface area contributed by atoms with Gasteiger partial charge in [0.25, 0.3) is 0 Å². The second-order valence-electron chi connectivity index (χ2n) is 4.57. The van der Waals surface area contributed by atoms with Crippen molar-refractivity contribution in [3.8, 4) is 0 Å². The van der Waals surface area contributed by atoms with E-state index in [1.165, 1.54) is 18.4 Å². The molecule has 1 atom stereocenters. The number of rotatable bonds is 6. The summed E-state index contributed by atoms with van der Waals surface area (Å²) in [6, 6.07) is 0. The zero-order chi connectivity index (χ0) is 15.5. The summed E-state index contributed by atoms with van der Waals surface area (Å²) in [6.07, 6.45) is 1.36. The predicted octanol–water partition coefficient (Wildman–Crippen LogP) is 0.469. The molecule has 1 unspecified atom stereocenters. The van der Waals surface area contributed by atoms with E-state index in [0.29, 0.717) is 5.82 Å². The summed E-state index contributed by atoms with van der Waals surface area (Å²) in [6.45, 7) is 4.34. The minimum absolute atomic E-state index is 0.219. The van der Waals surface area contributed by atoms with Crippen LogP contribution in [0, 0.1) is 17.0 Å². The lowest BCUT2D eigenvalue weighted by atomic mass is 9.99. The molecule has 9 nitrogen and oxygen atoms in total. The molecule has 0 fully saturated rings. The Morgan fingerprint density at radius 3 is 2.60 bits per heavy atom. The Kier molecular flexibility index (Phi) is 4.43. The molecule has 1 aromatic rings. The monoisotopic (exact) mass is 284 g/mol. The fraction of sp³-hybridized carbons (Fsp3) is 0.545. The molecule has 1 amide bonds. The third-order valence-electron chi connectivity index (χ3n) is 3.06. The molecule has 0 saturated heterocycles. The Labute approximate surface area is 114 Å². The summed E-state index contributed by atoms with van der Waals surface area (Å²) in [7, 11) is 0. The van der Waals surface area contributed by atoms with Crippen LogP contribution in [-0.2, 0) is 16.1 Å². The van der Waals surface area contributed by atoms with Crippen LogP contribution >= 0.6 is 0 Å². The molecule has 0 saturated carbocycles. The largest absolute Gasteiger partial charge is 0.480 e. The number of aromatic nitrogens is 2. The van der Waals surface area contributed by atoms with Gasteiger partial charge in [0.05, 0.1) is 0 Å². The molecule has 2 N–H and O–H groups in total. The van der Waals surface area contributed by atoms with E-state index in [4.69, 9.17) is 5.11 Å². The maximum Gasteiger partial charge on any atom is 0.381 e. The topological polar surface area (TPSA) is 127 Å². The highest BCUT2D eigenvalue weighted by atomic mass is 16.6. The minimum Gasteiger partial charge on any atom is -0.480 e.